The topological polar surface area (TPSA) is 9.23 Å². The van der Waals surface area contributed by atoms with Crippen LogP contribution >= 0.6 is 0 Å². The monoisotopic (exact) mass is 278 g/mol. The molecule has 1 heteroatoms. The molecule has 1 nitrogen and oxygen atoms in total. The Kier molecular flexibility index (Phi) is 7.72. The summed E-state index contributed by atoms with van der Waals surface area (Å²) in [7, 11) is 0. The number of rotatable bonds is 4. The second-order valence-electron chi connectivity index (χ2n) is 6.92. The Balaban J connectivity index is 1.77. The summed E-state index contributed by atoms with van der Waals surface area (Å²) in [5, 5.41) is 0. The standard InChI is InChI=1S/C19H34O/c1-2-3-10-14-18-16-17-13-11-8-6-4-5-7-9-12-15-19(17)20-18/h2,17-19H,1,3-16H2. The van der Waals surface area contributed by atoms with E-state index in [1.54, 1.807) is 0 Å². The van der Waals surface area contributed by atoms with Gasteiger partial charge >= 0.3 is 0 Å². The molecular weight excluding hydrogens is 244 g/mol. The third-order valence-electron chi connectivity index (χ3n) is 5.21. The van der Waals surface area contributed by atoms with Crippen molar-refractivity contribution in [1.29, 1.82) is 0 Å². The summed E-state index contributed by atoms with van der Waals surface area (Å²) in [6.45, 7) is 3.82. The van der Waals surface area contributed by atoms with Crippen LogP contribution in [0.4, 0.5) is 0 Å². The highest BCUT2D eigenvalue weighted by atomic mass is 16.5. The van der Waals surface area contributed by atoms with E-state index in [2.05, 4.69) is 6.58 Å². The fourth-order valence-electron chi connectivity index (χ4n) is 4.00. The second kappa shape index (κ2) is 9.60. The largest absolute Gasteiger partial charge is 0.375 e. The fraction of sp³-hybridized carbons (Fsp3) is 0.895. The summed E-state index contributed by atoms with van der Waals surface area (Å²) in [5.41, 5.74) is 0. The molecule has 1 heterocycles. The van der Waals surface area contributed by atoms with Gasteiger partial charge in [-0.1, -0.05) is 57.4 Å². The Hall–Kier alpha value is -0.300. The van der Waals surface area contributed by atoms with Crippen molar-refractivity contribution < 1.29 is 4.74 Å². The van der Waals surface area contributed by atoms with Crippen molar-refractivity contribution in [2.45, 2.75) is 102 Å². The van der Waals surface area contributed by atoms with E-state index >= 15 is 0 Å². The van der Waals surface area contributed by atoms with Crippen LogP contribution in [-0.2, 0) is 4.74 Å². The molecule has 3 atom stereocenters. The van der Waals surface area contributed by atoms with Gasteiger partial charge in [0.25, 0.3) is 0 Å². The van der Waals surface area contributed by atoms with Gasteiger partial charge in [-0.05, 0) is 44.4 Å². The number of allylic oxidation sites excluding steroid dienone is 1. The molecule has 0 bridgehead atoms. The number of fused-ring (bicyclic) bond motifs is 1. The highest BCUT2D eigenvalue weighted by molar-refractivity contribution is 4.83. The average Bonchev–Trinajstić information content (AvgIpc) is 2.81. The van der Waals surface area contributed by atoms with E-state index in [1.807, 2.05) is 6.08 Å². The molecule has 0 radical (unpaired) electrons. The lowest BCUT2D eigenvalue weighted by Gasteiger charge is -2.19. The maximum Gasteiger partial charge on any atom is 0.0608 e. The van der Waals surface area contributed by atoms with Crippen molar-refractivity contribution >= 4 is 0 Å². The molecule has 0 spiro atoms. The Morgan fingerprint density at radius 2 is 1.55 bits per heavy atom. The number of hydrogen-bond acceptors (Lipinski definition) is 1. The van der Waals surface area contributed by atoms with Gasteiger partial charge in [-0.2, -0.15) is 0 Å². The van der Waals surface area contributed by atoms with Crippen molar-refractivity contribution in [2.75, 3.05) is 0 Å². The number of ether oxygens (including phenoxy) is 1. The van der Waals surface area contributed by atoms with Crippen LogP contribution in [0.1, 0.15) is 89.9 Å². The Labute approximate surface area is 126 Å². The molecular formula is C19H34O. The Bertz CT molecular complexity index is 240. The molecule has 2 aliphatic rings. The molecule has 3 unspecified atom stereocenters. The van der Waals surface area contributed by atoms with Crippen LogP contribution in [0.2, 0.25) is 0 Å². The minimum atomic E-state index is 0.551. The van der Waals surface area contributed by atoms with Gasteiger partial charge in [-0.15, -0.1) is 6.58 Å². The minimum Gasteiger partial charge on any atom is -0.375 e. The summed E-state index contributed by atoms with van der Waals surface area (Å²) in [4.78, 5) is 0. The lowest BCUT2D eigenvalue weighted by molar-refractivity contribution is 0.0222. The average molecular weight is 278 g/mol. The Morgan fingerprint density at radius 3 is 2.25 bits per heavy atom. The minimum absolute atomic E-state index is 0.551. The van der Waals surface area contributed by atoms with Crippen molar-refractivity contribution in [3.63, 3.8) is 0 Å². The molecule has 2 fully saturated rings. The SMILES string of the molecule is C=CCCCC1CC2CCCCCCCCCCC2O1. The van der Waals surface area contributed by atoms with Crippen LogP contribution in [0.5, 0.6) is 0 Å². The fourth-order valence-corrected chi connectivity index (χ4v) is 4.00. The van der Waals surface area contributed by atoms with Crippen LogP contribution in [0.15, 0.2) is 12.7 Å². The van der Waals surface area contributed by atoms with Gasteiger partial charge in [0, 0.05) is 0 Å². The predicted molar refractivity (Wildman–Crippen MR) is 87.0 cm³/mol. The zero-order valence-corrected chi connectivity index (χ0v) is 13.3. The third-order valence-corrected chi connectivity index (χ3v) is 5.21. The van der Waals surface area contributed by atoms with Crippen molar-refractivity contribution in [3.8, 4) is 0 Å². The van der Waals surface area contributed by atoms with Crippen LogP contribution in [0.3, 0.4) is 0 Å². The first-order valence-electron chi connectivity index (χ1n) is 9.16. The molecule has 1 aliphatic carbocycles. The smallest absolute Gasteiger partial charge is 0.0608 e. The first kappa shape index (κ1) is 16.1. The van der Waals surface area contributed by atoms with Crippen molar-refractivity contribution in [3.05, 3.63) is 12.7 Å². The molecule has 0 aromatic heterocycles. The van der Waals surface area contributed by atoms with Gasteiger partial charge in [-0.3, -0.25) is 0 Å². The molecule has 1 saturated carbocycles. The molecule has 116 valence electrons. The summed E-state index contributed by atoms with van der Waals surface area (Å²) in [6, 6.07) is 0. The van der Waals surface area contributed by atoms with Crippen LogP contribution in [0.25, 0.3) is 0 Å². The van der Waals surface area contributed by atoms with E-state index in [4.69, 9.17) is 4.74 Å². The second-order valence-corrected chi connectivity index (χ2v) is 6.92. The van der Waals surface area contributed by atoms with Gasteiger partial charge in [-0.25, -0.2) is 0 Å². The van der Waals surface area contributed by atoms with Crippen molar-refractivity contribution in [2.24, 2.45) is 5.92 Å². The molecule has 1 saturated heterocycles. The van der Waals surface area contributed by atoms with E-state index in [0.29, 0.717) is 12.2 Å². The summed E-state index contributed by atoms with van der Waals surface area (Å²) in [5.74, 6) is 0.864. The molecule has 0 aromatic carbocycles. The molecule has 1 aliphatic heterocycles. The highest BCUT2D eigenvalue weighted by Gasteiger charge is 2.33. The van der Waals surface area contributed by atoms with E-state index in [1.165, 1.54) is 83.5 Å². The quantitative estimate of drug-likeness (QED) is 0.450. The van der Waals surface area contributed by atoms with E-state index in [-0.39, 0.29) is 0 Å². The van der Waals surface area contributed by atoms with Crippen LogP contribution in [-0.4, -0.2) is 12.2 Å². The van der Waals surface area contributed by atoms with Gasteiger partial charge in [0.1, 0.15) is 0 Å². The summed E-state index contributed by atoms with van der Waals surface area (Å²) < 4.78 is 6.38. The normalized spacial score (nSPS) is 32.9. The first-order chi connectivity index (χ1) is 9.90. The first-order valence-corrected chi connectivity index (χ1v) is 9.16. The van der Waals surface area contributed by atoms with Gasteiger partial charge in [0.05, 0.1) is 12.2 Å². The van der Waals surface area contributed by atoms with Gasteiger partial charge in [0.15, 0.2) is 0 Å². The van der Waals surface area contributed by atoms with Gasteiger partial charge < -0.3 is 4.74 Å². The third kappa shape index (κ3) is 5.60. The number of unbranched alkanes of at least 4 members (excludes halogenated alkanes) is 1. The zero-order valence-electron chi connectivity index (χ0n) is 13.3. The number of hydrogen-bond donors (Lipinski definition) is 0. The molecule has 20 heavy (non-hydrogen) atoms. The van der Waals surface area contributed by atoms with Crippen LogP contribution in [0, 0.1) is 5.92 Å². The zero-order chi connectivity index (χ0) is 14.0. The maximum atomic E-state index is 6.38. The van der Waals surface area contributed by atoms with Crippen LogP contribution < -0.4 is 0 Å². The van der Waals surface area contributed by atoms with E-state index < -0.39 is 0 Å². The Morgan fingerprint density at radius 1 is 0.900 bits per heavy atom. The molecule has 0 aromatic rings. The lowest BCUT2D eigenvalue weighted by atomic mass is 9.88. The lowest BCUT2D eigenvalue weighted by Crippen LogP contribution is -2.16. The predicted octanol–water partition coefficient (Wildman–Crippen LogP) is 6.03. The van der Waals surface area contributed by atoms with E-state index in [9.17, 15) is 0 Å². The molecule has 2 rings (SSSR count). The van der Waals surface area contributed by atoms with Gasteiger partial charge in [0.2, 0.25) is 0 Å². The summed E-state index contributed by atoms with van der Waals surface area (Å²) >= 11 is 0. The van der Waals surface area contributed by atoms with Crippen molar-refractivity contribution in [1.82, 2.24) is 0 Å². The maximum absolute atomic E-state index is 6.38. The molecule has 0 amide bonds. The highest BCUT2D eigenvalue weighted by Crippen LogP contribution is 2.36. The summed E-state index contributed by atoms with van der Waals surface area (Å²) in [6.07, 6.45) is 22.4. The van der Waals surface area contributed by atoms with E-state index in [0.717, 1.165) is 12.3 Å². The molecule has 0 N–H and O–H groups in total.